The van der Waals surface area contributed by atoms with Crippen LogP contribution in [0, 0.1) is 17.3 Å². The molecule has 1 heterocycles. The van der Waals surface area contributed by atoms with E-state index in [2.05, 4.69) is 18.8 Å². The second-order valence-corrected chi connectivity index (χ2v) is 7.93. The molecule has 1 aromatic rings. The highest BCUT2D eigenvalue weighted by Crippen LogP contribution is 2.61. The van der Waals surface area contributed by atoms with Crippen molar-refractivity contribution in [2.75, 3.05) is 6.61 Å². The number of fused-ring (bicyclic) bond motifs is 2. The van der Waals surface area contributed by atoms with E-state index in [4.69, 9.17) is 10.1 Å². The lowest BCUT2D eigenvalue weighted by Crippen LogP contribution is -2.64. The van der Waals surface area contributed by atoms with Crippen LogP contribution in [0.3, 0.4) is 0 Å². The number of aliphatic hydroxyl groups is 2. The SMILES string of the molecule is CC1(C)[C@H]2CC(=N[C@@H](C/C=C/CO)c3cccnc3)[C@](C)(O)[C@@H]1C2. The third-order valence-electron chi connectivity index (χ3n) is 6.19. The number of hydrogen-bond donors (Lipinski definition) is 2. The van der Waals surface area contributed by atoms with Crippen molar-refractivity contribution in [1.82, 2.24) is 4.98 Å². The number of nitrogens with zero attached hydrogens (tertiary/aromatic N) is 2. The summed E-state index contributed by atoms with van der Waals surface area (Å²) in [4.78, 5) is 9.18. The number of aliphatic hydroxyl groups excluding tert-OH is 1. The molecule has 4 heteroatoms. The van der Waals surface area contributed by atoms with E-state index in [1.54, 1.807) is 12.3 Å². The quantitative estimate of drug-likeness (QED) is 0.815. The summed E-state index contributed by atoms with van der Waals surface area (Å²) in [6, 6.07) is 3.87. The summed E-state index contributed by atoms with van der Waals surface area (Å²) in [6.45, 7) is 6.49. The number of aliphatic imine (C=N–C) groups is 1. The van der Waals surface area contributed by atoms with E-state index in [9.17, 15) is 5.11 Å². The number of pyridine rings is 1. The van der Waals surface area contributed by atoms with Crippen molar-refractivity contribution < 1.29 is 10.2 Å². The number of aromatic nitrogens is 1. The molecule has 4 nitrogen and oxygen atoms in total. The van der Waals surface area contributed by atoms with Crippen molar-refractivity contribution in [2.45, 2.75) is 51.7 Å². The Morgan fingerprint density at radius 3 is 2.75 bits per heavy atom. The molecule has 0 saturated heterocycles. The van der Waals surface area contributed by atoms with E-state index in [1.807, 2.05) is 31.3 Å². The highest BCUT2D eigenvalue weighted by molar-refractivity contribution is 5.94. The van der Waals surface area contributed by atoms with Gasteiger partial charge in [-0.2, -0.15) is 0 Å². The van der Waals surface area contributed by atoms with Crippen molar-refractivity contribution in [3.05, 3.63) is 42.2 Å². The Hall–Kier alpha value is -1.52. The third-order valence-corrected chi connectivity index (χ3v) is 6.19. The summed E-state index contributed by atoms with van der Waals surface area (Å²) in [5, 5.41) is 20.1. The summed E-state index contributed by atoms with van der Waals surface area (Å²) in [5.41, 5.74) is 1.33. The van der Waals surface area contributed by atoms with Gasteiger partial charge in [-0.15, -0.1) is 0 Å². The van der Waals surface area contributed by atoms with E-state index in [0.717, 1.165) is 24.1 Å². The van der Waals surface area contributed by atoms with Gasteiger partial charge in [0.05, 0.1) is 12.6 Å². The molecule has 4 atom stereocenters. The van der Waals surface area contributed by atoms with Gasteiger partial charge in [0.25, 0.3) is 0 Å². The van der Waals surface area contributed by atoms with Crippen LogP contribution >= 0.6 is 0 Å². The van der Waals surface area contributed by atoms with E-state index >= 15 is 0 Å². The summed E-state index contributed by atoms with van der Waals surface area (Å²) in [5.74, 6) is 0.897. The molecule has 4 rings (SSSR count). The Kier molecular flexibility index (Phi) is 4.63. The van der Waals surface area contributed by atoms with Crippen molar-refractivity contribution in [3.8, 4) is 0 Å². The van der Waals surface area contributed by atoms with Gasteiger partial charge in [0.15, 0.2) is 0 Å². The van der Waals surface area contributed by atoms with Crippen LogP contribution < -0.4 is 0 Å². The van der Waals surface area contributed by atoms with Crippen molar-refractivity contribution in [3.63, 3.8) is 0 Å². The van der Waals surface area contributed by atoms with Crippen molar-refractivity contribution >= 4 is 5.71 Å². The minimum absolute atomic E-state index is 0.0341. The molecule has 2 bridgehead atoms. The van der Waals surface area contributed by atoms with Crippen LogP contribution in [-0.2, 0) is 0 Å². The maximum atomic E-state index is 11.1. The molecular weight excluding hydrogens is 300 g/mol. The Morgan fingerprint density at radius 2 is 2.17 bits per heavy atom. The van der Waals surface area contributed by atoms with Crippen LogP contribution in [0.1, 0.15) is 51.6 Å². The molecule has 3 aliphatic rings. The first-order valence-corrected chi connectivity index (χ1v) is 8.82. The van der Waals surface area contributed by atoms with E-state index in [-0.39, 0.29) is 24.0 Å². The van der Waals surface area contributed by atoms with Gasteiger partial charge in [0, 0.05) is 18.1 Å². The molecule has 0 radical (unpaired) electrons. The van der Waals surface area contributed by atoms with Crippen molar-refractivity contribution in [2.24, 2.45) is 22.2 Å². The predicted molar refractivity (Wildman–Crippen MR) is 95.9 cm³/mol. The fraction of sp³-hybridized carbons (Fsp3) is 0.600. The molecule has 2 N–H and O–H groups in total. The van der Waals surface area contributed by atoms with Gasteiger partial charge in [-0.3, -0.25) is 9.98 Å². The lowest BCUT2D eigenvalue weighted by molar-refractivity contribution is -0.134. The van der Waals surface area contributed by atoms with Gasteiger partial charge in [-0.05, 0) is 55.1 Å². The van der Waals surface area contributed by atoms with Crippen molar-refractivity contribution in [1.29, 1.82) is 0 Å². The summed E-state index contributed by atoms with van der Waals surface area (Å²) in [7, 11) is 0. The molecule has 0 aromatic carbocycles. The summed E-state index contributed by atoms with van der Waals surface area (Å²) in [6.07, 6.45) is 9.95. The van der Waals surface area contributed by atoms with Gasteiger partial charge in [0.2, 0.25) is 0 Å². The zero-order chi connectivity index (χ0) is 17.4. The van der Waals surface area contributed by atoms with Gasteiger partial charge < -0.3 is 10.2 Å². The van der Waals surface area contributed by atoms with Crippen LogP contribution in [-0.4, -0.2) is 33.1 Å². The molecule has 130 valence electrons. The van der Waals surface area contributed by atoms with Crippen LogP contribution in [0.25, 0.3) is 0 Å². The first-order valence-electron chi connectivity index (χ1n) is 8.82. The lowest BCUT2D eigenvalue weighted by Gasteiger charge is -2.62. The standard InChI is InChI=1S/C20H28N2O2/c1-19(2)15-11-17(19)20(3,24)18(12-15)22-16(8-4-5-10-23)14-7-6-9-21-13-14/h4-7,9,13,15-17,23-24H,8,10-12H2,1-3H3/b5-4+,22-18?/t15-,16+,17-,20-/m1/s1. The summed E-state index contributed by atoms with van der Waals surface area (Å²) >= 11 is 0. The third kappa shape index (κ3) is 2.93. The second-order valence-electron chi connectivity index (χ2n) is 7.93. The van der Waals surface area contributed by atoms with Crippen LogP contribution in [0.5, 0.6) is 0 Å². The molecule has 0 aliphatic heterocycles. The van der Waals surface area contributed by atoms with Crippen LogP contribution in [0.4, 0.5) is 0 Å². The average molecular weight is 328 g/mol. The highest BCUT2D eigenvalue weighted by Gasteiger charge is 2.61. The predicted octanol–water partition coefficient (Wildman–Crippen LogP) is 3.32. The topological polar surface area (TPSA) is 65.7 Å². The Morgan fingerprint density at radius 1 is 1.38 bits per heavy atom. The molecule has 0 amide bonds. The molecular formula is C20H28N2O2. The second kappa shape index (κ2) is 6.41. The molecule has 24 heavy (non-hydrogen) atoms. The molecule has 3 saturated carbocycles. The zero-order valence-corrected chi connectivity index (χ0v) is 14.8. The molecule has 0 unspecified atom stereocenters. The highest BCUT2D eigenvalue weighted by atomic mass is 16.3. The molecule has 1 aromatic heterocycles. The maximum Gasteiger partial charge on any atom is 0.103 e. The number of hydrogen-bond acceptors (Lipinski definition) is 4. The Labute approximate surface area is 144 Å². The smallest absolute Gasteiger partial charge is 0.103 e. The maximum absolute atomic E-state index is 11.1. The van der Waals surface area contributed by atoms with Crippen LogP contribution in [0.15, 0.2) is 41.7 Å². The minimum atomic E-state index is -0.834. The molecule has 3 aliphatic carbocycles. The van der Waals surface area contributed by atoms with Gasteiger partial charge in [-0.1, -0.05) is 32.1 Å². The summed E-state index contributed by atoms with van der Waals surface area (Å²) < 4.78 is 0. The zero-order valence-electron chi connectivity index (χ0n) is 14.8. The average Bonchev–Trinajstić information content (AvgIpc) is 2.55. The molecule has 0 spiro atoms. The normalized spacial score (nSPS) is 34.3. The van der Waals surface area contributed by atoms with Crippen LogP contribution in [0.2, 0.25) is 0 Å². The fourth-order valence-corrected chi connectivity index (χ4v) is 4.46. The monoisotopic (exact) mass is 328 g/mol. The first kappa shape index (κ1) is 17.3. The Balaban J connectivity index is 1.89. The Bertz CT molecular complexity index is 634. The fourth-order valence-electron chi connectivity index (χ4n) is 4.46. The minimum Gasteiger partial charge on any atom is -0.392 e. The number of rotatable bonds is 5. The lowest BCUT2D eigenvalue weighted by atomic mass is 9.44. The molecule has 3 fully saturated rings. The van der Waals surface area contributed by atoms with E-state index < -0.39 is 5.60 Å². The van der Waals surface area contributed by atoms with E-state index in [1.165, 1.54) is 0 Å². The van der Waals surface area contributed by atoms with Gasteiger partial charge in [-0.25, -0.2) is 0 Å². The first-order chi connectivity index (χ1) is 11.4. The van der Waals surface area contributed by atoms with Gasteiger partial charge >= 0.3 is 0 Å². The van der Waals surface area contributed by atoms with E-state index in [0.29, 0.717) is 12.3 Å². The largest absolute Gasteiger partial charge is 0.392 e. The van der Waals surface area contributed by atoms with Gasteiger partial charge in [0.1, 0.15) is 5.60 Å².